The molecule has 0 aliphatic carbocycles. The van der Waals surface area contributed by atoms with Gasteiger partial charge in [-0.15, -0.1) is 0 Å². The Morgan fingerprint density at radius 1 is 0.290 bits per heavy atom. The molecule has 0 atom stereocenters. The van der Waals surface area contributed by atoms with Gasteiger partial charge in [0.25, 0.3) is 0 Å². The van der Waals surface area contributed by atoms with Crippen LogP contribution in [-0.2, 0) is 136 Å². The second kappa shape index (κ2) is 385. The van der Waals surface area contributed by atoms with Crippen molar-refractivity contribution in [3.05, 3.63) is 0 Å². The number of rotatable bonds is 0. The summed E-state index contributed by atoms with van der Waals surface area (Å²) < 4.78 is 0. The molecule has 0 aliphatic heterocycles. The van der Waals surface area contributed by atoms with E-state index in [1.807, 2.05) is 0 Å². The van der Waals surface area contributed by atoms with E-state index in [4.69, 9.17) is 42.1 Å². The topological polar surface area (TPSA) is 330 Å². The van der Waals surface area contributed by atoms with Crippen molar-refractivity contribution in [1.29, 1.82) is 42.1 Å². The van der Waals surface area contributed by atoms with Gasteiger partial charge < -0.3 is 126 Å². The molecular formula is C8H12BaCr2N12S8. The van der Waals surface area contributed by atoms with Crippen molar-refractivity contribution in [2.75, 3.05) is 0 Å². The van der Waals surface area contributed by atoms with Crippen molar-refractivity contribution in [3.8, 4) is 43.2 Å². The molecule has 0 aromatic carbocycles. The minimum atomic E-state index is 0. The van der Waals surface area contributed by atoms with Crippen molar-refractivity contribution >= 4 is 150 Å². The molecule has 12 N–H and O–H groups in total. The minimum Gasteiger partial charge on any atom is -0.696 e. The van der Waals surface area contributed by atoms with Gasteiger partial charge in [0.1, 0.15) is 0 Å². The van der Waals surface area contributed by atoms with Gasteiger partial charge in [0.05, 0.1) is 0 Å². The average molecular weight is 774 g/mol. The summed E-state index contributed by atoms with van der Waals surface area (Å²) in [6, 6.07) is 0. The molecule has 0 aromatic heterocycles. The second-order valence-corrected chi connectivity index (χ2v) is 2.19. The summed E-state index contributed by atoms with van der Waals surface area (Å²) in [5, 5.41) is 67.7. The molecule has 0 rings (SSSR count). The maximum atomic E-state index is 7.13. The van der Waals surface area contributed by atoms with Gasteiger partial charge >= 0.3 is 83.6 Å². The van der Waals surface area contributed by atoms with Crippen LogP contribution in [-0.4, -0.2) is 48.9 Å². The first-order valence-electron chi connectivity index (χ1n) is 3.42. The number of hydrogen-bond donors (Lipinski definition) is 4. The Morgan fingerprint density at radius 3 is 0.290 bits per heavy atom. The van der Waals surface area contributed by atoms with E-state index in [1.54, 1.807) is 0 Å². The molecule has 0 unspecified atom stereocenters. The Balaban J connectivity index is -0.00000000703. The van der Waals surface area contributed by atoms with Gasteiger partial charge in [0, 0.05) is 0 Å². The van der Waals surface area contributed by atoms with Gasteiger partial charge in [0.15, 0.2) is 0 Å². The Hall–Kier alpha value is 0.156. The van der Waals surface area contributed by atoms with Crippen molar-refractivity contribution in [3.63, 3.8) is 0 Å². The van der Waals surface area contributed by atoms with Crippen LogP contribution in [0.5, 0.6) is 0 Å². The molecule has 0 spiro atoms. The first-order valence-corrected chi connectivity index (χ1v) is 6.69. The van der Waals surface area contributed by atoms with Gasteiger partial charge in [-0.25, -0.2) is 42.1 Å². The SMILES string of the molecule is N.N.N.N.N#C[S-].N#C[S-].N#C[S-].N#C[S-].N#C[S-].N#C[S-].N#C[S-].N#C[S-].[Ba+2].[Cr+3].[Cr+3]. The van der Waals surface area contributed by atoms with E-state index < -0.39 is 0 Å². The fourth-order valence-corrected chi connectivity index (χ4v) is 0. The summed E-state index contributed by atoms with van der Waals surface area (Å²) in [5.74, 6) is 0. The summed E-state index contributed by atoms with van der Waals surface area (Å²) >= 11 is 29.6. The number of thiocyanates is 8. The maximum absolute atomic E-state index is 7.13. The van der Waals surface area contributed by atoms with Crippen LogP contribution in [0.15, 0.2) is 0 Å². The molecule has 0 fully saturated rings. The third-order valence-corrected chi connectivity index (χ3v) is 0. The third kappa shape index (κ3) is 978000. The maximum Gasteiger partial charge on any atom is 3.00 e. The summed E-state index contributed by atoms with van der Waals surface area (Å²) in [5.41, 5.74) is 0. The fourth-order valence-electron chi connectivity index (χ4n) is 0. The van der Waals surface area contributed by atoms with Crippen LogP contribution in [0.25, 0.3) is 0 Å². The number of nitriles is 8. The third-order valence-electron chi connectivity index (χ3n) is 0. The standard InChI is InChI=1S/8CHNS.Ba.2Cr.4H3N/c8*2-1-3;;;;;;;/h8*3H;;;;4*1H3/q;;;;;;;;+2;2*+3;;;;/p-8. The molecule has 0 aromatic rings. The van der Waals surface area contributed by atoms with Crippen molar-refractivity contribution < 1.29 is 34.7 Å². The fraction of sp³-hybridized carbons (Fsp3) is 0. The quantitative estimate of drug-likeness (QED) is 0.147. The van der Waals surface area contributed by atoms with E-state index in [-0.39, 0.29) is 108 Å². The predicted molar refractivity (Wildman–Crippen MR) is 130 cm³/mol. The Bertz CT molecular complexity index is 377. The molecule has 0 saturated heterocycles. The van der Waals surface area contributed by atoms with E-state index in [1.165, 1.54) is 43.2 Å². The molecule has 0 saturated carbocycles. The molecule has 166 valence electrons. The van der Waals surface area contributed by atoms with Crippen LogP contribution in [0.1, 0.15) is 0 Å². The zero-order valence-electron chi connectivity index (χ0n) is 15.2. The second-order valence-electron chi connectivity index (χ2n) is 0.730. The van der Waals surface area contributed by atoms with Gasteiger partial charge in [-0.1, -0.05) is 43.2 Å². The molecule has 0 bridgehead atoms. The normalized spacial score (nSPS) is 1.81. The molecular weight excluding hydrogens is 762 g/mol. The van der Waals surface area contributed by atoms with Crippen LogP contribution in [0.4, 0.5) is 0 Å². The van der Waals surface area contributed by atoms with E-state index >= 15 is 0 Å². The largest absolute Gasteiger partial charge is 3.00 e. The first kappa shape index (κ1) is 109. The van der Waals surface area contributed by atoms with Crippen molar-refractivity contribution in [2.45, 2.75) is 0 Å². The molecule has 23 heteroatoms. The van der Waals surface area contributed by atoms with Gasteiger partial charge in [-0.2, -0.15) is 0 Å². The average Bonchev–Trinajstić information content (AvgIpc) is 2.45. The van der Waals surface area contributed by atoms with E-state index in [9.17, 15) is 0 Å². The number of hydrogen-bond acceptors (Lipinski definition) is 20. The Morgan fingerprint density at radius 2 is 0.290 bits per heavy atom. The number of nitrogens with zero attached hydrogens (tertiary/aromatic N) is 8. The Labute approximate surface area is 290 Å². The Kier molecular flexibility index (Phi) is 1350. The summed E-state index contributed by atoms with van der Waals surface area (Å²) in [6.45, 7) is 0. The zero-order valence-corrected chi connectivity index (χ0v) is 28.7. The van der Waals surface area contributed by atoms with Gasteiger partial charge in [-0.3, -0.25) is 0 Å². The summed E-state index contributed by atoms with van der Waals surface area (Å²) in [6.07, 6.45) is 0. The molecule has 0 heterocycles. The van der Waals surface area contributed by atoms with Crippen LogP contribution in [0, 0.1) is 85.3 Å². The molecule has 31 heavy (non-hydrogen) atoms. The predicted octanol–water partition coefficient (Wildman–Crippen LogP) is 0.377. The molecule has 0 amide bonds. The first-order chi connectivity index (χ1) is 11.3. The van der Waals surface area contributed by atoms with Crippen molar-refractivity contribution in [1.82, 2.24) is 24.6 Å². The summed E-state index contributed by atoms with van der Waals surface area (Å²) in [7, 11) is 0. The van der Waals surface area contributed by atoms with Crippen LogP contribution < -0.4 is 24.6 Å². The van der Waals surface area contributed by atoms with Crippen LogP contribution in [0.3, 0.4) is 0 Å². The molecule has 2 radical (unpaired) electrons. The minimum absolute atomic E-state index is 0. The monoisotopic (exact) mass is 774 g/mol. The van der Waals surface area contributed by atoms with Gasteiger partial charge in [0.2, 0.25) is 0 Å². The van der Waals surface area contributed by atoms with E-state index in [0.29, 0.717) is 0 Å². The van der Waals surface area contributed by atoms with E-state index in [2.05, 4.69) is 101 Å². The molecule has 0 aliphatic rings. The van der Waals surface area contributed by atoms with Crippen LogP contribution in [0.2, 0.25) is 0 Å². The van der Waals surface area contributed by atoms with Gasteiger partial charge in [-0.05, 0) is 0 Å². The zero-order chi connectivity index (χ0) is 21.7. The smallest absolute Gasteiger partial charge is 0.696 e. The molecule has 12 nitrogen and oxygen atoms in total. The van der Waals surface area contributed by atoms with Crippen LogP contribution >= 0.6 is 0 Å². The van der Waals surface area contributed by atoms with Crippen molar-refractivity contribution in [2.24, 2.45) is 0 Å². The van der Waals surface area contributed by atoms with E-state index in [0.717, 1.165) is 0 Å². The summed E-state index contributed by atoms with van der Waals surface area (Å²) in [4.78, 5) is 0.